The summed E-state index contributed by atoms with van der Waals surface area (Å²) in [6, 6.07) is 5.73. The summed E-state index contributed by atoms with van der Waals surface area (Å²) in [5.41, 5.74) is 8.69. The summed E-state index contributed by atoms with van der Waals surface area (Å²) in [5, 5.41) is 49.0. The fourth-order valence-corrected chi connectivity index (χ4v) is 3.21. The van der Waals surface area contributed by atoms with E-state index in [1.807, 2.05) is 23.1 Å². The van der Waals surface area contributed by atoms with Crippen molar-refractivity contribution in [3.8, 4) is 0 Å². The molecule has 1 aromatic rings. The van der Waals surface area contributed by atoms with Gasteiger partial charge >= 0.3 is 0 Å². The van der Waals surface area contributed by atoms with Crippen LogP contribution in [0.15, 0.2) is 18.2 Å². The molecule has 7 heteroatoms. The quantitative estimate of drug-likeness (QED) is 0.218. The van der Waals surface area contributed by atoms with Crippen LogP contribution in [0.5, 0.6) is 0 Å². The Labute approximate surface area is 168 Å². The molecular weight excluding hydrogens is 360 g/mol. The molecule has 0 saturated heterocycles. The smallest absolute Gasteiger partial charge is 0.111 e. The number of rotatable bonds is 13. The predicted molar refractivity (Wildman–Crippen MR) is 112 cm³/mol. The first-order valence-electron chi connectivity index (χ1n) is 10.2. The van der Waals surface area contributed by atoms with Crippen LogP contribution in [0.1, 0.15) is 57.9 Å². The summed E-state index contributed by atoms with van der Waals surface area (Å²) in [4.78, 5) is 1.97. The van der Waals surface area contributed by atoms with Crippen molar-refractivity contribution in [3.05, 3.63) is 23.8 Å². The maximum absolute atomic E-state index is 10.4. The van der Waals surface area contributed by atoms with Gasteiger partial charge < -0.3 is 36.2 Å². The van der Waals surface area contributed by atoms with E-state index in [0.29, 0.717) is 12.2 Å². The van der Waals surface area contributed by atoms with Crippen molar-refractivity contribution in [1.82, 2.24) is 0 Å². The third-order valence-corrected chi connectivity index (χ3v) is 5.07. The molecule has 0 aliphatic carbocycles. The van der Waals surface area contributed by atoms with E-state index in [4.69, 9.17) is 10.8 Å². The highest BCUT2D eigenvalue weighted by molar-refractivity contribution is 5.59. The number of nitrogens with two attached hydrogens (primary N) is 1. The first-order valence-corrected chi connectivity index (χ1v) is 10.2. The Bertz CT molecular complexity index is 570. The summed E-state index contributed by atoms with van der Waals surface area (Å²) >= 11 is 0. The Morgan fingerprint density at radius 1 is 0.964 bits per heavy atom. The molecule has 0 amide bonds. The second kappa shape index (κ2) is 12.2. The molecule has 1 rings (SSSR count). The van der Waals surface area contributed by atoms with Crippen LogP contribution in [0.25, 0.3) is 0 Å². The van der Waals surface area contributed by atoms with Crippen molar-refractivity contribution in [2.75, 3.05) is 30.3 Å². The van der Waals surface area contributed by atoms with Crippen molar-refractivity contribution in [2.45, 2.75) is 76.8 Å². The maximum atomic E-state index is 10.4. The molecule has 4 unspecified atom stereocenters. The SMILES string of the molecule is CCCCCCN(CC(O)C(O)C(O)C(O)CO)c1ccc(N)c(C(C)C)c1. The van der Waals surface area contributed by atoms with Gasteiger partial charge in [0, 0.05) is 24.5 Å². The molecule has 7 N–H and O–H groups in total. The Morgan fingerprint density at radius 2 is 1.61 bits per heavy atom. The van der Waals surface area contributed by atoms with Crippen molar-refractivity contribution in [2.24, 2.45) is 0 Å². The number of aliphatic hydroxyl groups is 5. The average Bonchev–Trinajstić information content (AvgIpc) is 2.68. The van der Waals surface area contributed by atoms with Gasteiger partial charge in [0.2, 0.25) is 0 Å². The van der Waals surface area contributed by atoms with E-state index in [9.17, 15) is 20.4 Å². The molecule has 0 saturated carbocycles. The number of hydrogen-bond acceptors (Lipinski definition) is 7. The number of unbranched alkanes of at least 4 members (excludes halogenated alkanes) is 3. The molecule has 0 aliphatic heterocycles. The molecule has 1 aromatic carbocycles. The maximum Gasteiger partial charge on any atom is 0.111 e. The Morgan fingerprint density at radius 3 is 2.18 bits per heavy atom. The van der Waals surface area contributed by atoms with Gasteiger partial charge in [0.1, 0.15) is 18.3 Å². The molecule has 7 nitrogen and oxygen atoms in total. The van der Waals surface area contributed by atoms with Crippen molar-refractivity contribution >= 4 is 11.4 Å². The lowest BCUT2D eigenvalue weighted by Gasteiger charge is -2.32. The third-order valence-electron chi connectivity index (χ3n) is 5.07. The zero-order chi connectivity index (χ0) is 21.3. The third kappa shape index (κ3) is 7.22. The van der Waals surface area contributed by atoms with Gasteiger partial charge in [-0.1, -0.05) is 40.0 Å². The first-order chi connectivity index (χ1) is 13.2. The highest BCUT2D eigenvalue weighted by Gasteiger charge is 2.31. The fourth-order valence-electron chi connectivity index (χ4n) is 3.21. The fraction of sp³-hybridized carbons (Fsp3) is 0.714. The van der Waals surface area contributed by atoms with Crippen LogP contribution in [0, 0.1) is 0 Å². The van der Waals surface area contributed by atoms with Gasteiger partial charge in [-0.05, 0) is 36.1 Å². The molecule has 162 valence electrons. The molecule has 4 atom stereocenters. The topological polar surface area (TPSA) is 130 Å². The summed E-state index contributed by atoms with van der Waals surface area (Å²) in [5.74, 6) is 0.249. The average molecular weight is 399 g/mol. The summed E-state index contributed by atoms with van der Waals surface area (Å²) in [7, 11) is 0. The van der Waals surface area contributed by atoms with Crippen LogP contribution in [0.3, 0.4) is 0 Å². The number of nitrogens with zero attached hydrogens (tertiary/aromatic N) is 1. The van der Waals surface area contributed by atoms with Gasteiger partial charge in [0.25, 0.3) is 0 Å². The molecule has 0 aliphatic rings. The number of aliphatic hydroxyl groups excluding tert-OH is 5. The van der Waals surface area contributed by atoms with Gasteiger partial charge in [-0.25, -0.2) is 0 Å². The number of anilines is 2. The highest BCUT2D eigenvalue weighted by Crippen LogP contribution is 2.28. The van der Waals surface area contributed by atoms with E-state index in [2.05, 4.69) is 20.8 Å². The van der Waals surface area contributed by atoms with Crippen LogP contribution in [0.2, 0.25) is 0 Å². The van der Waals surface area contributed by atoms with E-state index in [1.165, 1.54) is 0 Å². The summed E-state index contributed by atoms with van der Waals surface area (Å²) in [6.45, 7) is 6.34. The molecule has 28 heavy (non-hydrogen) atoms. The van der Waals surface area contributed by atoms with E-state index >= 15 is 0 Å². The minimum absolute atomic E-state index is 0.0873. The van der Waals surface area contributed by atoms with Gasteiger partial charge in [-0.2, -0.15) is 0 Å². The number of nitrogen functional groups attached to an aromatic ring is 1. The van der Waals surface area contributed by atoms with E-state index < -0.39 is 31.0 Å². The first kappa shape index (κ1) is 24.7. The van der Waals surface area contributed by atoms with Gasteiger partial charge in [-0.3, -0.25) is 0 Å². The zero-order valence-corrected chi connectivity index (χ0v) is 17.3. The Hall–Kier alpha value is -1.38. The van der Waals surface area contributed by atoms with Crippen LogP contribution in [0.4, 0.5) is 11.4 Å². The van der Waals surface area contributed by atoms with Gasteiger partial charge in [-0.15, -0.1) is 0 Å². The van der Waals surface area contributed by atoms with Gasteiger partial charge in [0.05, 0.1) is 12.7 Å². The van der Waals surface area contributed by atoms with Crippen molar-refractivity contribution in [1.29, 1.82) is 0 Å². The minimum Gasteiger partial charge on any atom is -0.398 e. The predicted octanol–water partition coefficient (Wildman–Crippen LogP) is 1.21. The number of hydrogen-bond donors (Lipinski definition) is 6. The van der Waals surface area contributed by atoms with Gasteiger partial charge in [0.15, 0.2) is 0 Å². The second-order valence-corrected chi connectivity index (χ2v) is 7.77. The molecule has 0 aromatic heterocycles. The minimum atomic E-state index is -1.63. The Kier molecular flexibility index (Phi) is 10.8. The van der Waals surface area contributed by atoms with Crippen molar-refractivity contribution in [3.63, 3.8) is 0 Å². The monoisotopic (exact) mass is 398 g/mol. The molecule has 0 fully saturated rings. The van der Waals surface area contributed by atoms with Crippen LogP contribution >= 0.6 is 0 Å². The number of benzene rings is 1. The lowest BCUT2D eigenvalue weighted by molar-refractivity contribution is -0.112. The standard InChI is InChI=1S/C21H38N2O5/c1-4-5-6-7-10-23(12-18(25)20(27)21(28)19(26)13-24)15-8-9-17(22)16(11-15)14(2)3/h8-9,11,14,18-21,24-28H,4-7,10,12-13,22H2,1-3H3. The molecule has 0 heterocycles. The largest absolute Gasteiger partial charge is 0.398 e. The van der Waals surface area contributed by atoms with E-state index in [0.717, 1.165) is 36.9 Å². The second-order valence-electron chi connectivity index (χ2n) is 7.77. The Balaban J connectivity index is 2.97. The normalized spacial score (nSPS) is 16.0. The van der Waals surface area contributed by atoms with Crippen molar-refractivity contribution < 1.29 is 25.5 Å². The molecule has 0 bridgehead atoms. The molecule has 0 spiro atoms. The van der Waals surface area contributed by atoms with E-state index in [1.54, 1.807) is 0 Å². The summed E-state index contributed by atoms with van der Waals surface area (Å²) in [6.07, 6.45) is -1.76. The molecular formula is C21H38N2O5. The van der Waals surface area contributed by atoms with Crippen LogP contribution in [-0.4, -0.2) is 69.6 Å². The van der Waals surface area contributed by atoms with Crippen LogP contribution in [-0.2, 0) is 0 Å². The zero-order valence-electron chi connectivity index (χ0n) is 17.3. The lowest BCUT2D eigenvalue weighted by atomic mass is 9.99. The molecule has 0 radical (unpaired) electrons. The lowest BCUT2D eigenvalue weighted by Crippen LogP contribution is -2.50. The van der Waals surface area contributed by atoms with E-state index in [-0.39, 0.29) is 12.5 Å². The summed E-state index contributed by atoms with van der Waals surface area (Å²) < 4.78 is 0. The van der Waals surface area contributed by atoms with Crippen LogP contribution < -0.4 is 10.6 Å². The highest BCUT2D eigenvalue weighted by atomic mass is 16.4.